The maximum atomic E-state index is 12.5. The predicted octanol–water partition coefficient (Wildman–Crippen LogP) is 1.78. The molecule has 1 aromatic carbocycles. The number of nitrogens with zero attached hydrogens (tertiary/aromatic N) is 3. The first-order valence-corrected chi connectivity index (χ1v) is 8.45. The van der Waals surface area contributed by atoms with E-state index in [-0.39, 0.29) is 23.2 Å². The van der Waals surface area contributed by atoms with E-state index in [4.69, 9.17) is 10.2 Å². The molecule has 8 heteroatoms. The number of hydrogen-bond acceptors (Lipinski definition) is 7. The van der Waals surface area contributed by atoms with Crippen molar-refractivity contribution in [1.82, 2.24) is 19.9 Å². The van der Waals surface area contributed by atoms with Crippen molar-refractivity contribution in [3.63, 3.8) is 0 Å². The predicted molar refractivity (Wildman–Crippen MR) is 96.6 cm³/mol. The number of hydrogen-bond donors (Lipinski definition) is 3. The van der Waals surface area contributed by atoms with Crippen molar-refractivity contribution in [2.45, 2.75) is 18.9 Å². The highest BCUT2D eigenvalue weighted by molar-refractivity contribution is 5.73. The number of phenols is 1. The summed E-state index contributed by atoms with van der Waals surface area (Å²) in [6.45, 7) is 1.64. The van der Waals surface area contributed by atoms with Gasteiger partial charge >= 0.3 is 0 Å². The molecule has 4 N–H and O–H groups in total. The van der Waals surface area contributed by atoms with Crippen LogP contribution in [0.5, 0.6) is 5.75 Å². The van der Waals surface area contributed by atoms with Gasteiger partial charge in [0.15, 0.2) is 18.0 Å². The van der Waals surface area contributed by atoms with Crippen LogP contribution < -0.4 is 16.6 Å². The van der Waals surface area contributed by atoms with Gasteiger partial charge in [0.05, 0.1) is 11.9 Å². The van der Waals surface area contributed by atoms with Gasteiger partial charge < -0.3 is 25.1 Å². The van der Waals surface area contributed by atoms with Gasteiger partial charge in [0.2, 0.25) is 0 Å². The van der Waals surface area contributed by atoms with Gasteiger partial charge in [-0.3, -0.25) is 4.79 Å². The number of nitrogens with two attached hydrogens (primary N) is 1. The minimum Gasteiger partial charge on any atom is -0.507 e. The molecule has 26 heavy (non-hydrogen) atoms. The molecule has 2 aromatic heterocycles. The van der Waals surface area contributed by atoms with Crippen LogP contribution in [0.4, 0.5) is 5.82 Å². The fourth-order valence-corrected chi connectivity index (χ4v) is 3.25. The van der Waals surface area contributed by atoms with Crippen LogP contribution >= 0.6 is 0 Å². The second kappa shape index (κ2) is 6.64. The lowest BCUT2D eigenvalue weighted by Crippen LogP contribution is -2.37. The van der Waals surface area contributed by atoms with Crippen molar-refractivity contribution in [2.75, 3.05) is 18.8 Å². The molecule has 1 aliphatic heterocycles. The Morgan fingerprint density at radius 3 is 3.00 bits per heavy atom. The van der Waals surface area contributed by atoms with E-state index in [1.54, 1.807) is 35.2 Å². The Labute approximate surface area is 149 Å². The summed E-state index contributed by atoms with van der Waals surface area (Å²) < 4.78 is 6.93. The zero-order valence-corrected chi connectivity index (χ0v) is 14.1. The molecule has 4 rings (SSSR count). The van der Waals surface area contributed by atoms with Crippen LogP contribution in [0.15, 0.2) is 46.2 Å². The third-order valence-electron chi connectivity index (χ3n) is 4.61. The van der Waals surface area contributed by atoms with Gasteiger partial charge in [-0.05, 0) is 37.6 Å². The number of nitrogens with one attached hydrogen (secondary N) is 1. The van der Waals surface area contributed by atoms with E-state index in [1.807, 2.05) is 0 Å². The lowest BCUT2D eigenvalue weighted by Gasteiger charge is -2.25. The molecule has 0 amide bonds. The first kappa shape index (κ1) is 16.3. The highest BCUT2D eigenvalue weighted by Crippen LogP contribution is 2.33. The summed E-state index contributed by atoms with van der Waals surface area (Å²) in [6.07, 6.45) is 6.47. The minimum absolute atomic E-state index is 0.0138. The number of oxazole rings is 1. The van der Waals surface area contributed by atoms with Crippen LogP contribution in [0, 0.1) is 0 Å². The standard InChI is InChI=1S/C18H19N5O3/c19-17-18(25)23(12-2-1-5-20-7-12)9-14(22-17)13-6-11(3-4-15(13)24)16-8-21-10-26-16/h3-4,6,8-10,12,20,24H,1-2,5,7H2,(H2,19,22). The normalized spacial score (nSPS) is 17.3. The van der Waals surface area contributed by atoms with Crippen LogP contribution in [0.2, 0.25) is 0 Å². The molecular weight excluding hydrogens is 334 g/mol. The van der Waals surface area contributed by atoms with Crippen molar-refractivity contribution in [3.05, 3.63) is 47.3 Å². The Hall–Kier alpha value is -3.13. The Morgan fingerprint density at radius 1 is 1.38 bits per heavy atom. The molecule has 1 aliphatic rings. The second-order valence-electron chi connectivity index (χ2n) is 6.32. The molecule has 3 heterocycles. The van der Waals surface area contributed by atoms with E-state index >= 15 is 0 Å². The third-order valence-corrected chi connectivity index (χ3v) is 4.61. The van der Waals surface area contributed by atoms with Crippen LogP contribution in [0.3, 0.4) is 0 Å². The average Bonchev–Trinajstić information content (AvgIpc) is 3.20. The molecule has 3 aromatic rings. The minimum atomic E-state index is -0.312. The molecule has 0 radical (unpaired) electrons. The van der Waals surface area contributed by atoms with Crippen molar-refractivity contribution < 1.29 is 9.52 Å². The van der Waals surface area contributed by atoms with Crippen LogP contribution in [0.1, 0.15) is 18.9 Å². The smallest absolute Gasteiger partial charge is 0.293 e. The van der Waals surface area contributed by atoms with Gasteiger partial charge in [-0.2, -0.15) is 0 Å². The Kier molecular flexibility index (Phi) is 4.18. The first-order valence-electron chi connectivity index (χ1n) is 8.45. The van der Waals surface area contributed by atoms with E-state index in [9.17, 15) is 9.90 Å². The fraction of sp³-hybridized carbons (Fsp3) is 0.278. The third kappa shape index (κ3) is 2.95. The molecule has 1 saturated heterocycles. The molecule has 8 nitrogen and oxygen atoms in total. The Balaban J connectivity index is 1.82. The summed E-state index contributed by atoms with van der Waals surface area (Å²) in [4.78, 5) is 20.6. The number of rotatable bonds is 3. The number of benzene rings is 1. The summed E-state index contributed by atoms with van der Waals surface area (Å²) in [7, 11) is 0. The number of aromatic nitrogens is 3. The molecule has 0 bridgehead atoms. The van der Waals surface area contributed by atoms with Gasteiger partial charge in [0.1, 0.15) is 5.75 Å². The molecule has 1 fully saturated rings. The molecule has 0 saturated carbocycles. The fourth-order valence-electron chi connectivity index (χ4n) is 3.25. The quantitative estimate of drug-likeness (QED) is 0.656. The van der Waals surface area contributed by atoms with Gasteiger partial charge in [0.25, 0.3) is 5.56 Å². The van der Waals surface area contributed by atoms with Crippen LogP contribution in [0.25, 0.3) is 22.6 Å². The van der Waals surface area contributed by atoms with E-state index in [0.717, 1.165) is 24.9 Å². The summed E-state index contributed by atoms with van der Waals surface area (Å²) in [5, 5.41) is 13.6. The Morgan fingerprint density at radius 2 is 2.27 bits per heavy atom. The topological polar surface area (TPSA) is 119 Å². The number of piperidine rings is 1. The summed E-state index contributed by atoms with van der Waals surface area (Å²) >= 11 is 0. The Bertz CT molecular complexity index is 975. The molecule has 0 spiro atoms. The lowest BCUT2D eigenvalue weighted by atomic mass is 10.0. The van der Waals surface area contributed by atoms with E-state index in [1.165, 1.54) is 6.39 Å². The van der Waals surface area contributed by atoms with Crippen molar-refractivity contribution >= 4 is 5.82 Å². The molecular formula is C18H19N5O3. The zero-order chi connectivity index (χ0) is 18.1. The first-order chi connectivity index (χ1) is 12.6. The van der Waals surface area contributed by atoms with Crippen LogP contribution in [-0.2, 0) is 0 Å². The van der Waals surface area contributed by atoms with E-state index in [0.29, 0.717) is 23.6 Å². The van der Waals surface area contributed by atoms with Gasteiger partial charge in [-0.1, -0.05) is 0 Å². The number of phenolic OH excluding ortho intramolecular Hbond substituents is 1. The van der Waals surface area contributed by atoms with Gasteiger partial charge in [-0.15, -0.1) is 0 Å². The molecule has 134 valence electrons. The SMILES string of the molecule is Nc1nc(-c2cc(-c3cnco3)ccc2O)cn(C2CCCNC2)c1=O. The van der Waals surface area contributed by atoms with Crippen molar-refractivity contribution in [2.24, 2.45) is 0 Å². The maximum Gasteiger partial charge on any atom is 0.293 e. The highest BCUT2D eigenvalue weighted by Gasteiger charge is 2.20. The summed E-state index contributed by atoms with van der Waals surface area (Å²) in [5.41, 5.74) is 7.22. The van der Waals surface area contributed by atoms with Crippen molar-refractivity contribution in [1.29, 1.82) is 0 Å². The maximum absolute atomic E-state index is 12.5. The van der Waals surface area contributed by atoms with Gasteiger partial charge in [-0.25, -0.2) is 9.97 Å². The molecule has 0 aliphatic carbocycles. The molecule has 1 unspecified atom stereocenters. The number of nitrogen functional groups attached to an aromatic ring is 1. The summed E-state index contributed by atoms with van der Waals surface area (Å²) in [5.74, 6) is 0.536. The summed E-state index contributed by atoms with van der Waals surface area (Å²) in [6, 6.07) is 5.04. The van der Waals surface area contributed by atoms with Gasteiger partial charge in [0, 0.05) is 29.9 Å². The molecule has 1 atom stereocenters. The highest BCUT2D eigenvalue weighted by atomic mass is 16.3. The zero-order valence-electron chi connectivity index (χ0n) is 14.1. The lowest BCUT2D eigenvalue weighted by molar-refractivity contribution is 0.364. The van der Waals surface area contributed by atoms with Crippen molar-refractivity contribution in [3.8, 4) is 28.3 Å². The second-order valence-corrected chi connectivity index (χ2v) is 6.32. The monoisotopic (exact) mass is 353 g/mol. The number of aromatic hydroxyl groups is 1. The average molecular weight is 353 g/mol. The van der Waals surface area contributed by atoms with E-state index in [2.05, 4.69) is 15.3 Å². The van der Waals surface area contributed by atoms with E-state index < -0.39 is 0 Å². The van der Waals surface area contributed by atoms with Crippen LogP contribution in [-0.4, -0.2) is 32.7 Å². The largest absolute Gasteiger partial charge is 0.507 e. The number of anilines is 1.